The summed E-state index contributed by atoms with van der Waals surface area (Å²) in [7, 11) is 0. The van der Waals surface area contributed by atoms with Gasteiger partial charge in [-0.05, 0) is 28.4 Å². The molecule has 2 rings (SSSR count). The number of nitrogens with one attached hydrogen (secondary N) is 1. The van der Waals surface area contributed by atoms with Gasteiger partial charge in [-0.2, -0.15) is 5.10 Å². The highest BCUT2D eigenvalue weighted by Crippen LogP contribution is 2.12. The molecule has 5 nitrogen and oxygen atoms in total. The first-order valence-corrected chi connectivity index (χ1v) is 6.73. The van der Waals surface area contributed by atoms with Crippen LogP contribution in [-0.2, 0) is 13.0 Å². The van der Waals surface area contributed by atoms with E-state index in [4.69, 9.17) is 0 Å². The lowest BCUT2D eigenvalue weighted by molar-refractivity contribution is 0.636. The fourth-order valence-electron chi connectivity index (χ4n) is 1.60. The van der Waals surface area contributed by atoms with E-state index in [1.165, 1.54) is 5.56 Å². The van der Waals surface area contributed by atoms with E-state index in [2.05, 4.69) is 36.3 Å². The summed E-state index contributed by atoms with van der Waals surface area (Å²) in [5.74, 6) is 1.68. The van der Waals surface area contributed by atoms with Gasteiger partial charge in [-0.3, -0.25) is 4.68 Å². The Labute approximate surface area is 115 Å². The third-order valence-corrected chi connectivity index (χ3v) is 2.87. The molecular formula is C12H16BrN5. The van der Waals surface area contributed by atoms with Crippen molar-refractivity contribution in [1.29, 1.82) is 0 Å². The minimum Gasteiger partial charge on any atom is -0.368 e. The number of aromatic nitrogens is 4. The van der Waals surface area contributed by atoms with Crippen molar-refractivity contribution in [2.24, 2.45) is 0 Å². The monoisotopic (exact) mass is 309 g/mol. The average Bonchev–Trinajstić information content (AvgIpc) is 2.74. The molecule has 0 atom stereocenters. The summed E-state index contributed by atoms with van der Waals surface area (Å²) in [6, 6.07) is 1.88. The van der Waals surface area contributed by atoms with Crippen molar-refractivity contribution in [2.45, 2.75) is 26.8 Å². The molecule has 0 aliphatic carbocycles. The van der Waals surface area contributed by atoms with Gasteiger partial charge in [0.15, 0.2) is 0 Å². The van der Waals surface area contributed by atoms with Gasteiger partial charge in [0.25, 0.3) is 0 Å². The van der Waals surface area contributed by atoms with Crippen molar-refractivity contribution in [3.63, 3.8) is 0 Å². The van der Waals surface area contributed by atoms with Gasteiger partial charge in [-0.15, -0.1) is 0 Å². The maximum Gasteiger partial charge on any atom is 0.131 e. The summed E-state index contributed by atoms with van der Waals surface area (Å²) in [4.78, 5) is 8.68. The van der Waals surface area contributed by atoms with Crippen LogP contribution in [0.3, 0.4) is 0 Å². The molecule has 0 fully saturated rings. The van der Waals surface area contributed by atoms with Gasteiger partial charge in [0.05, 0.1) is 12.7 Å². The normalized spacial score (nSPS) is 10.6. The number of anilines is 1. The molecule has 0 radical (unpaired) electrons. The van der Waals surface area contributed by atoms with E-state index < -0.39 is 0 Å². The summed E-state index contributed by atoms with van der Waals surface area (Å²) in [5, 5.41) is 7.51. The average molecular weight is 310 g/mol. The molecule has 2 aromatic rings. The number of halogens is 1. The molecule has 0 saturated carbocycles. The smallest absolute Gasteiger partial charge is 0.131 e. The van der Waals surface area contributed by atoms with Crippen LogP contribution >= 0.6 is 15.9 Å². The highest BCUT2D eigenvalue weighted by Gasteiger charge is 2.01. The molecule has 0 saturated heterocycles. The number of hydrogen-bond donors (Lipinski definition) is 1. The topological polar surface area (TPSA) is 55.6 Å². The van der Waals surface area contributed by atoms with Crippen LogP contribution in [0.1, 0.15) is 18.3 Å². The molecule has 18 heavy (non-hydrogen) atoms. The molecule has 2 aromatic heterocycles. The molecule has 96 valence electrons. The Bertz CT molecular complexity index is 523. The number of hydrogen-bond acceptors (Lipinski definition) is 4. The second-order valence-corrected chi connectivity index (χ2v) is 4.87. The standard InChI is InChI=1S/C12H16BrN5/c1-3-11-16-10(13)6-12(17-11)14-4-5-18-8-9(2)7-15-18/h6-8H,3-5H2,1-2H3,(H,14,16,17). The maximum atomic E-state index is 4.41. The van der Waals surface area contributed by atoms with Gasteiger partial charge in [0.2, 0.25) is 0 Å². The van der Waals surface area contributed by atoms with Crippen LogP contribution < -0.4 is 5.32 Å². The Balaban J connectivity index is 1.91. The lowest BCUT2D eigenvalue weighted by Crippen LogP contribution is -2.12. The summed E-state index contributed by atoms with van der Waals surface area (Å²) >= 11 is 3.39. The van der Waals surface area contributed by atoms with Crippen LogP contribution in [0.5, 0.6) is 0 Å². The summed E-state index contributed by atoms with van der Waals surface area (Å²) in [6.07, 6.45) is 4.71. The van der Waals surface area contributed by atoms with E-state index in [9.17, 15) is 0 Å². The van der Waals surface area contributed by atoms with Crippen molar-refractivity contribution in [3.8, 4) is 0 Å². The number of rotatable bonds is 5. The summed E-state index contributed by atoms with van der Waals surface area (Å²) < 4.78 is 2.73. The Morgan fingerprint density at radius 3 is 2.89 bits per heavy atom. The largest absolute Gasteiger partial charge is 0.368 e. The van der Waals surface area contributed by atoms with Crippen molar-refractivity contribution < 1.29 is 0 Å². The van der Waals surface area contributed by atoms with Crippen LogP contribution in [0.25, 0.3) is 0 Å². The maximum absolute atomic E-state index is 4.41. The minimum atomic E-state index is 0.785. The quantitative estimate of drug-likeness (QED) is 0.862. The predicted molar refractivity (Wildman–Crippen MR) is 74.6 cm³/mol. The minimum absolute atomic E-state index is 0.785. The van der Waals surface area contributed by atoms with Gasteiger partial charge >= 0.3 is 0 Å². The second kappa shape index (κ2) is 5.95. The fraction of sp³-hybridized carbons (Fsp3) is 0.417. The fourth-order valence-corrected chi connectivity index (χ4v) is 2.02. The molecule has 0 spiro atoms. The second-order valence-electron chi connectivity index (χ2n) is 4.05. The zero-order valence-corrected chi connectivity index (χ0v) is 12.1. The van der Waals surface area contributed by atoms with E-state index in [1.54, 1.807) is 0 Å². The molecule has 0 amide bonds. The van der Waals surface area contributed by atoms with Crippen LogP contribution in [0.4, 0.5) is 5.82 Å². The summed E-state index contributed by atoms with van der Waals surface area (Å²) in [6.45, 7) is 5.68. The molecule has 0 aromatic carbocycles. The lowest BCUT2D eigenvalue weighted by Gasteiger charge is -2.07. The first-order chi connectivity index (χ1) is 8.67. The van der Waals surface area contributed by atoms with Crippen molar-refractivity contribution in [1.82, 2.24) is 19.7 Å². The third-order valence-electron chi connectivity index (χ3n) is 2.47. The van der Waals surface area contributed by atoms with Crippen molar-refractivity contribution in [2.75, 3.05) is 11.9 Å². The zero-order chi connectivity index (χ0) is 13.0. The molecule has 2 heterocycles. The van der Waals surface area contributed by atoms with Crippen LogP contribution in [-0.4, -0.2) is 26.3 Å². The Morgan fingerprint density at radius 1 is 1.39 bits per heavy atom. The molecule has 0 aliphatic rings. The Hall–Kier alpha value is -1.43. The van der Waals surface area contributed by atoms with Gasteiger partial charge in [-0.25, -0.2) is 9.97 Å². The van der Waals surface area contributed by atoms with E-state index in [1.807, 2.05) is 37.0 Å². The SMILES string of the molecule is CCc1nc(Br)cc(NCCn2cc(C)cn2)n1. The first-order valence-electron chi connectivity index (χ1n) is 5.93. The molecule has 0 aliphatic heterocycles. The molecule has 1 N–H and O–H groups in total. The van der Waals surface area contributed by atoms with Crippen molar-refractivity contribution >= 4 is 21.7 Å². The summed E-state index contributed by atoms with van der Waals surface area (Å²) in [5.41, 5.74) is 1.17. The van der Waals surface area contributed by atoms with Gasteiger partial charge in [0, 0.05) is 25.2 Å². The third kappa shape index (κ3) is 3.53. The number of nitrogens with zero attached hydrogens (tertiary/aromatic N) is 4. The van der Waals surface area contributed by atoms with Gasteiger partial charge < -0.3 is 5.32 Å². The van der Waals surface area contributed by atoms with Crippen LogP contribution in [0, 0.1) is 6.92 Å². The van der Waals surface area contributed by atoms with Gasteiger partial charge in [-0.1, -0.05) is 6.92 Å². The first kappa shape index (κ1) is 13.0. The van der Waals surface area contributed by atoms with E-state index in [0.717, 1.165) is 35.8 Å². The number of aryl methyl sites for hydroxylation is 2. The van der Waals surface area contributed by atoms with E-state index >= 15 is 0 Å². The molecular weight excluding hydrogens is 294 g/mol. The molecule has 6 heteroatoms. The lowest BCUT2D eigenvalue weighted by atomic mass is 10.4. The van der Waals surface area contributed by atoms with Crippen molar-refractivity contribution in [3.05, 3.63) is 34.5 Å². The Morgan fingerprint density at radius 2 is 2.22 bits per heavy atom. The predicted octanol–water partition coefficient (Wildman–Crippen LogP) is 2.42. The van der Waals surface area contributed by atoms with E-state index in [0.29, 0.717) is 0 Å². The molecule has 0 unspecified atom stereocenters. The van der Waals surface area contributed by atoms with Gasteiger partial charge in [0.1, 0.15) is 16.2 Å². The van der Waals surface area contributed by atoms with E-state index in [-0.39, 0.29) is 0 Å². The highest BCUT2D eigenvalue weighted by molar-refractivity contribution is 9.10. The highest BCUT2D eigenvalue weighted by atomic mass is 79.9. The van der Waals surface area contributed by atoms with Crippen LogP contribution in [0.2, 0.25) is 0 Å². The Kier molecular flexibility index (Phi) is 4.30. The van der Waals surface area contributed by atoms with Crippen LogP contribution in [0.15, 0.2) is 23.1 Å². The zero-order valence-electron chi connectivity index (χ0n) is 10.5. The molecule has 0 bridgehead atoms.